The largest absolute Gasteiger partial charge is 0.479 e. The van der Waals surface area contributed by atoms with E-state index >= 15 is 0 Å². The van der Waals surface area contributed by atoms with E-state index in [0.717, 1.165) is 29.1 Å². The molecule has 3 aromatic heterocycles. The maximum atomic E-state index is 13.0. The number of hydrogen-bond donors (Lipinski definition) is 4. The second-order valence-electron chi connectivity index (χ2n) is 9.87. The molecule has 1 amide bonds. The number of carboxylic acids is 1. The van der Waals surface area contributed by atoms with E-state index in [1.165, 1.54) is 18.5 Å². The molecule has 0 fully saturated rings. The fraction of sp³-hybridized carbons (Fsp3) is 0.138. The van der Waals surface area contributed by atoms with E-state index in [-0.39, 0.29) is 11.4 Å². The van der Waals surface area contributed by atoms with Crippen LogP contribution in [-0.4, -0.2) is 56.3 Å². The van der Waals surface area contributed by atoms with Gasteiger partial charge in [0, 0.05) is 36.3 Å². The molecule has 12 nitrogen and oxygen atoms in total. The van der Waals surface area contributed by atoms with E-state index in [0.29, 0.717) is 17.9 Å². The Labute approximate surface area is 241 Å². The van der Waals surface area contributed by atoms with Gasteiger partial charge in [0.2, 0.25) is 10.0 Å². The van der Waals surface area contributed by atoms with Crippen LogP contribution in [0.2, 0.25) is 0 Å². The Morgan fingerprint density at radius 2 is 1.69 bits per heavy atom. The first-order valence-electron chi connectivity index (χ1n) is 12.8. The summed E-state index contributed by atoms with van der Waals surface area (Å²) in [5.41, 5.74) is 1.91. The number of nitrogens with two attached hydrogens (primary N) is 1. The standard InChI is InChI=1S/C29H27N7O5S/c1-29(28(38)39,18-42(30,40)41)34-27(37)22-14-21(16-31-17-22)25-33-26(32-15-19-8-4-2-5-9-19)24-23(12-13-36(24)35-25)20-10-6-3-7-11-20/h2-14,16-17H,15,18H2,1H3,(H,34,37)(H,38,39)(H2,30,40,41)(H,32,33,35). The highest BCUT2D eigenvalue weighted by atomic mass is 32.2. The third-order valence-electron chi connectivity index (χ3n) is 6.51. The van der Waals surface area contributed by atoms with Crippen molar-refractivity contribution in [3.05, 3.63) is 103 Å². The summed E-state index contributed by atoms with van der Waals surface area (Å²) in [6.07, 6.45) is 4.52. The summed E-state index contributed by atoms with van der Waals surface area (Å²) in [6, 6.07) is 23.1. The van der Waals surface area contributed by atoms with Crippen molar-refractivity contribution in [3.63, 3.8) is 0 Å². The highest BCUT2D eigenvalue weighted by molar-refractivity contribution is 7.89. The highest BCUT2D eigenvalue weighted by Gasteiger charge is 2.39. The summed E-state index contributed by atoms with van der Waals surface area (Å²) in [4.78, 5) is 33.7. The first-order valence-corrected chi connectivity index (χ1v) is 14.5. The Bertz CT molecular complexity index is 1880. The topological polar surface area (TPSA) is 182 Å². The molecule has 3 heterocycles. The zero-order chi connectivity index (χ0) is 29.9. The second-order valence-corrected chi connectivity index (χ2v) is 11.5. The van der Waals surface area contributed by atoms with Crippen LogP contribution in [0.25, 0.3) is 28.0 Å². The number of primary sulfonamides is 1. The van der Waals surface area contributed by atoms with Gasteiger partial charge in [0.1, 0.15) is 5.52 Å². The number of nitrogens with one attached hydrogen (secondary N) is 2. The molecule has 0 saturated carbocycles. The molecule has 0 aliphatic rings. The molecule has 0 aliphatic carbocycles. The predicted octanol–water partition coefficient (Wildman–Crippen LogP) is 2.93. The van der Waals surface area contributed by atoms with Crippen LogP contribution in [0.1, 0.15) is 22.8 Å². The van der Waals surface area contributed by atoms with Crippen LogP contribution in [0, 0.1) is 0 Å². The molecule has 5 aromatic rings. The number of pyridine rings is 1. The van der Waals surface area contributed by atoms with Crippen LogP contribution in [0.5, 0.6) is 0 Å². The molecule has 42 heavy (non-hydrogen) atoms. The van der Waals surface area contributed by atoms with Crippen LogP contribution in [0.15, 0.2) is 91.4 Å². The molecule has 1 unspecified atom stereocenters. The lowest BCUT2D eigenvalue weighted by Crippen LogP contribution is -2.57. The van der Waals surface area contributed by atoms with Gasteiger partial charge in [0.05, 0.1) is 11.3 Å². The summed E-state index contributed by atoms with van der Waals surface area (Å²) < 4.78 is 24.9. The summed E-state index contributed by atoms with van der Waals surface area (Å²) in [5, 5.41) is 25.0. The zero-order valence-corrected chi connectivity index (χ0v) is 23.2. The number of rotatable bonds is 10. The molecular formula is C29H27N7O5S. The Kier molecular flexibility index (Phi) is 7.70. The molecule has 5 rings (SSSR count). The minimum atomic E-state index is -4.22. The summed E-state index contributed by atoms with van der Waals surface area (Å²) in [5.74, 6) is -2.61. The summed E-state index contributed by atoms with van der Waals surface area (Å²) in [6.45, 7) is 1.55. The number of hydrogen-bond acceptors (Lipinski definition) is 8. The number of amides is 1. The maximum Gasteiger partial charge on any atom is 0.330 e. The lowest BCUT2D eigenvalue weighted by atomic mass is 10.0. The third-order valence-corrected chi connectivity index (χ3v) is 7.49. The minimum Gasteiger partial charge on any atom is -0.479 e. The molecular weight excluding hydrogens is 558 g/mol. The van der Waals surface area contributed by atoms with E-state index in [2.05, 4.69) is 20.7 Å². The molecule has 0 spiro atoms. The minimum absolute atomic E-state index is 0.0191. The van der Waals surface area contributed by atoms with Gasteiger partial charge in [-0.3, -0.25) is 9.78 Å². The zero-order valence-electron chi connectivity index (χ0n) is 22.4. The molecule has 0 radical (unpaired) electrons. The second kappa shape index (κ2) is 11.4. The molecule has 5 N–H and O–H groups in total. The van der Waals surface area contributed by atoms with Crippen molar-refractivity contribution in [1.82, 2.24) is 24.9 Å². The first kappa shape index (κ1) is 28.4. The fourth-order valence-electron chi connectivity index (χ4n) is 4.47. The van der Waals surface area contributed by atoms with Gasteiger partial charge in [0.15, 0.2) is 17.2 Å². The van der Waals surface area contributed by atoms with E-state index < -0.39 is 33.2 Å². The van der Waals surface area contributed by atoms with Crippen LogP contribution >= 0.6 is 0 Å². The van der Waals surface area contributed by atoms with Gasteiger partial charge < -0.3 is 15.7 Å². The van der Waals surface area contributed by atoms with Crippen LogP contribution in [-0.2, 0) is 21.4 Å². The Morgan fingerprint density at radius 3 is 2.36 bits per heavy atom. The Morgan fingerprint density at radius 1 is 1.00 bits per heavy atom. The molecule has 1 atom stereocenters. The summed E-state index contributed by atoms with van der Waals surface area (Å²) >= 11 is 0. The van der Waals surface area contributed by atoms with E-state index in [1.54, 1.807) is 4.52 Å². The lowest BCUT2D eigenvalue weighted by molar-refractivity contribution is -0.142. The molecule has 0 bridgehead atoms. The third kappa shape index (κ3) is 6.27. The van der Waals surface area contributed by atoms with Crippen molar-refractivity contribution < 1.29 is 23.1 Å². The average Bonchev–Trinajstić information content (AvgIpc) is 3.40. The Balaban J connectivity index is 1.53. The van der Waals surface area contributed by atoms with Gasteiger partial charge in [-0.25, -0.2) is 27.9 Å². The maximum absolute atomic E-state index is 13.0. The molecule has 13 heteroatoms. The number of sulfonamides is 1. The SMILES string of the molecule is CC(CS(N)(=O)=O)(NC(=O)c1cncc(-c2nc(NCc3ccccc3)c3c(-c4ccccc4)ccn3n2)c1)C(=O)O. The lowest BCUT2D eigenvalue weighted by Gasteiger charge is -2.25. The molecule has 0 saturated heterocycles. The quantitative estimate of drug-likeness (QED) is 0.191. The van der Waals surface area contributed by atoms with E-state index in [4.69, 9.17) is 10.1 Å². The van der Waals surface area contributed by atoms with Crippen molar-refractivity contribution >= 4 is 33.2 Å². The normalized spacial score (nSPS) is 12.9. The van der Waals surface area contributed by atoms with Gasteiger partial charge in [0.25, 0.3) is 5.91 Å². The van der Waals surface area contributed by atoms with Crippen molar-refractivity contribution in [1.29, 1.82) is 0 Å². The van der Waals surface area contributed by atoms with Gasteiger partial charge in [-0.1, -0.05) is 60.7 Å². The molecule has 2 aromatic carbocycles. The number of fused-ring (bicyclic) bond motifs is 1. The van der Waals surface area contributed by atoms with Gasteiger partial charge >= 0.3 is 5.97 Å². The predicted molar refractivity (Wildman–Crippen MR) is 157 cm³/mol. The van der Waals surface area contributed by atoms with Crippen molar-refractivity contribution in [3.8, 4) is 22.5 Å². The number of aliphatic carboxylic acids is 1. The van der Waals surface area contributed by atoms with Crippen molar-refractivity contribution in [2.45, 2.75) is 19.0 Å². The number of benzene rings is 2. The highest BCUT2D eigenvalue weighted by Crippen LogP contribution is 2.31. The van der Waals surface area contributed by atoms with E-state index in [9.17, 15) is 23.1 Å². The van der Waals surface area contributed by atoms with Gasteiger partial charge in [-0.2, -0.15) is 0 Å². The fourth-order valence-corrected chi connectivity index (χ4v) is 5.47. The summed E-state index contributed by atoms with van der Waals surface area (Å²) in [7, 11) is -4.22. The number of carbonyl (C=O) groups is 2. The van der Waals surface area contributed by atoms with E-state index in [1.807, 2.05) is 72.9 Å². The van der Waals surface area contributed by atoms with Crippen LogP contribution in [0.3, 0.4) is 0 Å². The van der Waals surface area contributed by atoms with Gasteiger partial charge in [-0.15, -0.1) is 5.10 Å². The number of nitrogens with zero attached hydrogens (tertiary/aromatic N) is 4. The molecule has 0 aliphatic heterocycles. The monoisotopic (exact) mass is 585 g/mol. The number of carboxylic acid groups (broad SMARTS) is 1. The first-order chi connectivity index (χ1) is 20.0. The molecule has 214 valence electrons. The smallest absolute Gasteiger partial charge is 0.330 e. The van der Waals surface area contributed by atoms with Crippen LogP contribution in [0.4, 0.5) is 5.82 Å². The number of anilines is 1. The van der Waals surface area contributed by atoms with Crippen molar-refractivity contribution in [2.24, 2.45) is 5.14 Å². The average molecular weight is 586 g/mol. The van der Waals surface area contributed by atoms with Gasteiger partial charge in [-0.05, 0) is 30.2 Å². The van der Waals surface area contributed by atoms with Crippen molar-refractivity contribution in [2.75, 3.05) is 11.1 Å². The Hall–Kier alpha value is -5.14. The number of carbonyl (C=O) groups excluding carboxylic acids is 1. The van der Waals surface area contributed by atoms with Crippen LogP contribution < -0.4 is 15.8 Å². The number of aromatic nitrogens is 4.